The van der Waals surface area contributed by atoms with Gasteiger partial charge < -0.3 is 9.64 Å². The molecular weight excluding hydrogens is 362 g/mol. The molecule has 1 amide bonds. The number of hydrogen-bond acceptors (Lipinski definition) is 3. The standard InChI is InChI=1S/C24H27N3O2/c1-15(2)17-9-11-19(12-10-17)23-20-21(18-7-5-16(3)6-8-18)25-26-22(20)24(28)27(23)13-14-29-4/h5-12,15,23H,13-14H2,1-4H3,(H,25,26). The van der Waals surface area contributed by atoms with Gasteiger partial charge in [-0.15, -0.1) is 0 Å². The van der Waals surface area contributed by atoms with Crippen LogP contribution in [0.3, 0.4) is 0 Å². The molecular formula is C24H27N3O2. The third-order valence-electron chi connectivity index (χ3n) is 5.64. The molecule has 4 rings (SSSR count). The van der Waals surface area contributed by atoms with Crippen molar-refractivity contribution in [2.45, 2.75) is 32.7 Å². The highest BCUT2D eigenvalue weighted by atomic mass is 16.5. The first-order valence-corrected chi connectivity index (χ1v) is 10.1. The predicted octanol–water partition coefficient (Wildman–Crippen LogP) is 4.70. The molecule has 0 saturated heterocycles. The third-order valence-corrected chi connectivity index (χ3v) is 5.64. The summed E-state index contributed by atoms with van der Waals surface area (Å²) in [5.41, 5.74) is 6.95. The summed E-state index contributed by atoms with van der Waals surface area (Å²) in [4.78, 5) is 15.0. The van der Waals surface area contributed by atoms with Gasteiger partial charge in [-0.25, -0.2) is 0 Å². The van der Waals surface area contributed by atoms with Gasteiger partial charge in [-0.05, 0) is 24.0 Å². The van der Waals surface area contributed by atoms with E-state index in [1.807, 2.05) is 4.90 Å². The minimum atomic E-state index is -0.177. The lowest BCUT2D eigenvalue weighted by molar-refractivity contribution is 0.0677. The molecule has 1 N–H and O–H groups in total. The van der Waals surface area contributed by atoms with Gasteiger partial charge in [0.05, 0.1) is 18.3 Å². The molecule has 150 valence electrons. The van der Waals surface area contributed by atoms with Gasteiger partial charge in [-0.2, -0.15) is 5.10 Å². The van der Waals surface area contributed by atoms with E-state index in [0.29, 0.717) is 24.8 Å². The number of amides is 1. The number of aryl methyl sites for hydroxylation is 1. The molecule has 1 unspecified atom stereocenters. The summed E-state index contributed by atoms with van der Waals surface area (Å²) >= 11 is 0. The molecule has 0 spiro atoms. The Morgan fingerprint density at radius 1 is 1.10 bits per heavy atom. The lowest BCUT2D eigenvalue weighted by atomic mass is 9.93. The van der Waals surface area contributed by atoms with Gasteiger partial charge in [0.1, 0.15) is 5.69 Å². The van der Waals surface area contributed by atoms with Crippen LogP contribution in [-0.4, -0.2) is 41.3 Å². The summed E-state index contributed by atoms with van der Waals surface area (Å²) in [5.74, 6) is 0.437. The number of carbonyl (C=O) groups is 1. The molecule has 0 radical (unpaired) electrons. The van der Waals surface area contributed by atoms with E-state index in [1.54, 1.807) is 7.11 Å². The van der Waals surface area contributed by atoms with Crippen LogP contribution in [0.2, 0.25) is 0 Å². The second-order valence-corrected chi connectivity index (χ2v) is 7.94. The molecule has 1 aliphatic rings. The Morgan fingerprint density at radius 2 is 1.79 bits per heavy atom. The van der Waals surface area contributed by atoms with Crippen molar-refractivity contribution >= 4 is 5.91 Å². The van der Waals surface area contributed by atoms with Crippen molar-refractivity contribution in [3.05, 3.63) is 76.5 Å². The number of ether oxygens (including phenoxy) is 1. The van der Waals surface area contributed by atoms with E-state index in [9.17, 15) is 4.79 Å². The van der Waals surface area contributed by atoms with E-state index in [1.165, 1.54) is 11.1 Å². The van der Waals surface area contributed by atoms with Gasteiger partial charge in [0.25, 0.3) is 5.91 Å². The highest BCUT2D eigenvalue weighted by molar-refractivity contribution is 6.00. The van der Waals surface area contributed by atoms with Crippen molar-refractivity contribution in [1.82, 2.24) is 15.1 Å². The van der Waals surface area contributed by atoms with E-state index in [0.717, 1.165) is 22.4 Å². The zero-order valence-corrected chi connectivity index (χ0v) is 17.4. The van der Waals surface area contributed by atoms with Crippen molar-refractivity contribution in [2.75, 3.05) is 20.3 Å². The maximum absolute atomic E-state index is 13.2. The fourth-order valence-electron chi connectivity index (χ4n) is 3.96. The molecule has 5 nitrogen and oxygen atoms in total. The zero-order chi connectivity index (χ0) is 20.5. The van der Waals surface area contributed by atoms with Crippen LogP contribution >= 0.6 is 0 Å². The van der Waals surface area contributed by atoms with Gasteiger partial charge in [0.15, 0.2) is 0 Å². The van der Waals surface area contributed by atoms with Crippen molar-refractivity contribution in [3.8, 4) is 11.3 Å². The first-order valence-electron chi connectivity index (χ1n) is 10.1. The number of aromatic amines is 1. The molecule has 0 bridgehead atoms. The van der Waals surface area contributed by atoms with E-state index in [2.05, 4.69) is 79.5 Å². The molecule has 5 heteroatoms. The number of H-pyrrole nitrogens is 1. The summed E-state index contributed by atoms with van der Waals surface area (Å²) in [6.45, 7) is 7.45. The van der Waals surface area contributed by atoms with Crippen LogP contribution in [0.5, 0.6) is 0 Å². The number of aromatic nitrogens is 2. The number of nitrogens with zero attached hydrogens (tertiary/aromatic N) is 2. The Labute approximate surface area is 171 Å². The molecule has 1 aromatic heterocycles. The molecule has 0 fully saturated rings. The minimum absolute atomic E-state index is 0.0270. The molecule has 2 aromatic carbocycles. The molecule has 0 aliphatic carbocycles. The van der Waals surface area contributed by atoms with E-state index >= 15 is 0 Å². The quantitative estimate of drug-likeness (QED) is 0.665. The van der Waals surface area contributed by atoms with E-state index < -0.39 is 0 Å². The van der Waals surface area contributed by atoms with Gasteiger partial charge in [0.2, 0.25) is 0 Å². The number of hydrogen-bond donors (Lipinski definition) is 1. The lowest BCUT2D eigenvalue weighted by Gasteiger charge is -2.26. The summed E-state index contributed by atoms with van der Waals surface area (Å²) in [5, 5.41) is 7.52. The Hall–Kier alpha value is -2.92. The first kappa shape index (κ1) is 19.4. The van der Waals surface area contributed by atoms with Gasteiger partial charge in [0, 0.05) is 24.8 Å². The van der Waals surface area contributed by atoms with Crippen LogP contribution in [0.1, 0.15) is 58.5 Å². The average Bonchev–Trinajstić information content (AvgIpc) is 3.26. The topological polar surface area (TPSA) is 58.2 Å². The highest BCUT2D eigenvalue weighted by Gasteiger charge is 2.41. The smallest absolute Gasteiger partial charge is 0.273 e. The number of carbonyl (C=O) groups excluding carboxylic acids is 1. The summed E-state index contributed by atoms with van der Waals surface area (Å²) in [6, 6.07) is 16.7. The van der Waals surface area contributed by atoms with Gasteiger partial charge in [-0.1, -0.05) is 67.9 Å². The van der Waals surface area contributed by atoms with Crippen LogP contribution in [0, 0.1) is 6.92 Å². The third kappa shape index (κ3) is 3.47. The SMILES string of the molecule is COCCN1C(=O)c2[nH]nc(-c3ccc(C)cc3)c2C1c1ccc(C(C)C)cc1. The number of fused-ring (bicyclic) bond motifs is 1. The predicted molar refractivity (Wildman–Crippen MR) is 114 cm³/mol. The largest absolute Gasteiger partial charge is 0.383 e. The zero-order valence-electron chi connectivity index (χ0n) is 17.4. The second-order valence-electron chi connectivity index (χ2n) is 7.94. The number of rotatable bonds is 6. The molecule has 0 saturated carbocycles. The van der Waals surface area contributed by atoms with Crippen LogP contribution in [0.15, 0.2) is 48.5 Å². The molecule has 1 atom stereocenters. The van der Waals surface area contributed by atoms with Crippen LogP contribution in [-0.2, 0) is 4.74 Å². The van der Waals surface area contributed by atoms with E-state index in [4.69, 9.17) is 4.74 Å². The molecule has 29 heavy (non-hydrogen) atoms. The summed E-state index contributed by atoms with van der Waals surface area (Å²) in [7, 11) is 1.66. The van der Waals surface area contributed by atoms with E-state index in [-0.39, 0.29) is 11.9 Å². The van der Waals surface area contributed by atoms with Crippen molar-refractivity contribution in [1.29, 1.82) is 0 Å². The Bertz CT molecular complexity index is 1000. The normalized spacial score (nSPS) is 16.0. The monoisotopic (exact) mass is 389 g/mol. The van der Waals surface area contributed by atoms with Crippen molar-refractivity contribution < 1.29 is 9.53 Å². The number of benzene rings is 2. The van der Waals surface area contributed by atoms with Crippen LogP contribution in [0.4, 0.5) is 0 Å². The maximum Gasteiger partial charge on any atom is 0.273 e. The Kier molecular flexibility index (Phi) is 5.24. The summed E-state index contributed by atoms with van der Waals surface area (Å²) < 4.78 is 5.27. The van der Waals surface area contributed by atoms with Gasteiger partial charge in [-0.3, -0.25) is 9.89 Å². The first-order chi connectivity index (χ1) is 14.0. The second kappa shape index (κ2) is 7.84. The molecule has 1 aliphatic heterocycles. The highest BCUT2D eigenvalue weighted by Crippen LogP contribution is 2.42. The van der Waals surface area contributed by atoms with Crippen molar-refractivity contribution in [3.63, 3.8) is 0 Å². The Balaban J connectivity index is 1.82. The fraction of sp³-hybridized carbons (Fsp3) is 0.333. The van der Waals surface area contributed by atoms with Crippen LogP contribution < -0.4 is 0 Å². The number of nitrogens with one attached hydrogen (secondary N) is 1. The van der Waals surface area contributed by atoms with Crippen molar-refractivity contribution in [2.24, 2.45) is 0 Å². The summed E-state index contributed by atoms with van der Waals surface area (Å²) in [6.07, 6.45) is 0. The number of methoxy groups -OCH3 is 1. The average molecular weight is 389 g/mol. The molecule has 3 aromatic rings. The molecule has 2 heterocycles. The van der Waals surface area contributed by atoms with Gasteiger partial charge >= 0.3 is 0 Å². The Morgan fingerprint density at radius 3 is 2.41 bits per heavy atom. The lowest BCUT2D eigenvalue weighted by Crippen LogP contribution is -2.32. The minimum Gasteiger partial charge on any atom is -0.383 e. The fourth-order valence-corrected chi connectivity index (χ4v) is 3.96. The maximum atomic E-state index is 13.2. The van der Waals surface area contributed by atoms with Crippen LogP contribution in [0.25, 0.3) is 11.3 Å².